The predicted octanol–water partition coefficient (Wildman–Crippen LogP) is 20.1. The van der Waals surface area contributed by atoms with Gasteiger partial charge in [0.2, 0.25) is 0 Å². The van der Waals surface area contributed by atoms with Crippen molar-refractivity contribution in [1.29, 1.82) is 0 Å². The molecule has 0 radical (unpaired) electrons. The van der Waals surface area contributed by atoms with Gasteiger partial charge in [0.05, 0.1) is 19.6 Å². The Balaban J connectivity index is 0.943. The molecule has 3 amide bonds. The van der Waals surface area contributed by atoms with Crippen molar-refractivity contribution in [3.8, 4) is 0 Å². The summed E-state index contributed by atoms with van der Waals surface area (Å²) in [6.07, 6.45) is 49.9. The van der Waals surface area contributed by atoms with Gasteiger partial charge >= 0.3 is 18.1 Å². The van der Waals surface area contributed by atoms with Crippen molar-refractivity contribution in [2.75, 3.05) is 30.4 Å². The second kappa shape index (κ2) is 46.5. The number of urea groups is 1. The molecule has 0 unspecified atom stereocenters. The van der Waals surface area contributed by atoms with Crippen LogP contribution in [0.1, 0.15) is 253 Å². The summed E-state index contributed by atoms with van der Waals surface area (Å²) in [6, 6.07) is 31.8. The Morgan fingerprint density at radius 2 is 0.720 bits per heavy atom. The van der Waals surface area contributed by atoms with Crippen LogP contribution in [0.4, 0.5) is 21.0 Å². The monoisotopic (exact) mass is 1120 g/mol. The Morgan fingerprint density at radius 1 is 0.366 bits per heavy atom. The summed E-state index contributed by atoms with van der Waals surface area (Å²) in [6.45, 7) is 5.69. The molecular formula is C73H107N3O6. The number of carbonyl (C=O) groups is 4. The molecule has 0 heterocycles. The Bertz CT molecular complexity index is 2160. The van der Waals surface area contributed by atoms with Gasteiger partial charge in [-0.25, -0.2) is 9.59 Å². The number of ether oxygens (including phenoxy) is 2. The molecule has 4 aromatic rings. The number of amides is 3. The van der Waals surface area contributed by atoms with Gasteiger partial charge < -0.3 is 20.1 Å². The Kier molecular flexibility index (Phi) is 38.9. The zero-order valence-electron chi connectivity index (χ0n) is 51.1. The van der Waals surface area contributed by atoms with Crippen molar-refractivity contribution in [2.45, 2.75) is 245 Å². The van der Waals surface area contributed by atoms with Crippen molar-refractivity contribution in [1.82, 2.24) is 5.32 Å². The fraction of sp³-hybridized carbons (Fsp3) is 0.562. The van der Waals surface area contributed by atoms with E-state index in [1.54, 1.807) is 0 Å². The summed E-state index contributed by atoms with van der Waals surface area (Å²) >= 11 is 0. The van der Waals surface area contributed by atoms with Crippen molar-refractivity contribution in [2.24, 2.45) is 0 Å². The van der Waals surface area contributed by atoms with E-state index < -0.39 is 6.09 Å². The molecule has 82 heavy (non-hydrogen) atoms. The summed E-state index contributed by atoms with van der Waals surface area (Å²) < 4.78 is 10.8. The molecule has 4 aromatic carbocycles. The van der Waals surface area contributed by atoms with Gasteiger partial charge in [-0.1, -0.05) is 233 Å². The molecule has 9 nitrogen and oxygen atoms in total. The molecule has 0 aliphatic carbocycles. The summed E-state index contributed by atoms with van der Waals surface area (Å²) in [5, 5.41) is 8.70. The SMILES string of the molecule is CCCCCCCC/C=C\CCCCCCCCCC(=O)Cc1ccc(Cc2ccc(CC(=O)OCCCCOC(=O)Nc3ccc(Cc4ccc(NC(=O)NCCCCCCCC/C=C\CCCCCCCC)cc4)cc3)cc2)cc1. The first-order chi connectivity index (χ1) is 40.3. The molecule has 0 atom stereocenters. The van der Waals surface area contributed by atoms with Crippen LogP contribution in [0.5, 0.6) is 0 Å². The van der Waals surface area contributed by atoms with Gasteiger partial charge in [0.1, 0.15) is 5.78 Å². The largest absolute Gasteiger partial charge is 0.465 e. The molecular weight excluding hydrogens is 1010 g/mol. The van der Waals surface area contributed by atoms with E-state index in [-0.39, 0.29) is 31.6 Å². The highest BCUT2D eigenvalue weighted by Crippen LogP contribution is 2.19. The summed E-state index contributed by atoms with van der Waals surface area (Å²) in [4.78, 5) is 50.2. The van der Waals surface area contributed by atoms with Crippen LogP contribution in [0.2, 0.25) is 0 Å². The normalized spacial score (nSPS) is 11.3. The lowest BCUT2D eigenvalue weighted by Gasteiger charge is -2.10. The minimum atomic E-state index is -0.531. The van der Waals surface area contributed by atoms with Gasteiger partial charge in [-0.3, -0.25) is 14.9 Å². The summed E-state index contributed by atoms with van der Waals surface area (Å²) in [5.74, 6) is 0.0384. The fourth-order valence-electron chi connectivity index (χ4n) is 10.2. The minimum Gasteiger partial charge on any atom is -0.465 e. The zero-order chi connectivity index (χ0) is 58.2. The van der Waals surface area contributed by atoms with E-state index in [9.17, 15) is 19.2 Å². The van der Waals surface area contributed by atoms with Crippen molar-refractivity contribution >= 4 is 35.3 Å². The summed E-state index contributed by atoms with van der Waals surface area (Å²) in [7, 11) is 0. The number of Topliss-reactive ketones (excluding diaryl/α,β-unsaturated/α-hetero) is 1. The van der Waals surface area contributed by atoms with E-state index in [0.29, 0.717) is 50.1 Å². The van der Waals surface area contributed by atoms with Crippen molar-refractivity contribution in [3.05, 3.63) is 155 Å². The van der Waals surface area contributed by atoms with Gasteiger partial charge in [-0.15, -0.1) is 0 Å². The Morgan fingerprint density at radius 3 is 1.17 bits per heavy atom. The van der Waals surface area contributed by atoms with E-state index in [1.807, 2.05) is 60.7 Å². The third-order valence-electron chi connectivity index (χ3n) is 15.3. The lowest BCUT2D eigenvalue weighted by atomic mass is 9.99. The lowest BCUT2D eigenvalue weighted by Crippen LogP contribution is -2.29. The Hall–Kier alpha value is -5.96. The molecule has 0 aromatic heterocycles. The lowest BCUT2D eigenvalue weighted by molar-refractivity contribution is -0.143. The number of ketones is 1. The van der Waals surface area contributed by atoms with Crippen LogP contribution in [0.15, 0.2) is 121 Å². The quantitative estimate of drug-likeness (QED) is 0.0230. The number of hydrogen-bond donors (Lipinski definition) is 3. The number of anilines is 2. The number of carbonyl (C=O) groups excluding carboxylic acids is 4. The van der Waals surface area contributed by atoms with E-state index in [0.717, 1.165) is 65.6 Å². The van der Waals surface area contributed by atoms with Gasteiger partial charge in [0.15, 0.2) is 0 Å². The zero-order valence-corrected chi connectivity index (χ0v) is 51.1. The predicted molar refractivity (Wildman–Crippen MR) is 344 cm³/mol. The molecule has 0 aliphatic rings. The fourth-order valence-corrected chi connectivity index (χ4v) is 10.2. The smallest absolute Gasteiger partial charge is 0.411 e. The highest BCUT2D eigenvalue weighted by Gasteiger charge is 2.10. The van der Waals surface area contributed by atoms with Gasteiger partial charge in [-0.05, 0) is 148 Å². The standard InChI is InChI=1S/C73H107N3O6/c1-3-5-7-9-11-13-15-17-19-21-22-24-26-28-30-32-34-38-70(77)60-66-43-39-62(40-44-66)58-63-41-45-67(46-42-63)61-71(78)81-56-36-37-57-82-73(80)76-69-53-49-65(50-54-69)59-64-47-51-68(52-48-64)75-72(79)74-55-35-33-31-29-27-25-23-20-18-16-14-12-10-8-6-4-2/h17-20,39-54H,3-16,21-38,55-61H2,1-2H3,(H,76,80)(H2,74,75,79)/b19-17-,20-18-. The van der Waals surface area contributed by atoms with Crippen molar-refractivity contribution < 1.29 is 28.7 Å². The van der Waals surface area contributed by atoms with Gasteiger partial charge in [0, 0.05) is 30.8 Å². The Labute approximate surface area is 497 Å². The first-order valence-corrected chi connectivity index (χ1v) is 32.6. The van der Waals surface area contributed by atoms with Crippen LogP contribution >= 0.6 is 0 Å². The number of rotatable bonds is 48. The molecule has 9 heteroatoms. The van der Waals surface area contributed by atoms with Gasteiger partial charge in [0.25, 0.3) is 0 Å². The van der Waals surface area contributed by atoms with Crippen LogP contribution in [0.25, 0.3) is 0 Å². The van der Waals surface area contributed by atoms with Crippen LogP contribution in [0, 0.1) is 0 Å². The number of esters is 1. The summed E-state index contributed by atoms with van der Waals surface area (Å²) in [5.41, 5.74) is 7.90. The van der Waals surface area contributed by atoms with Crippen LogP contribution in [0.3, 0.4) is 0 Å². The van der Waals surface area contributed by atoms with Crippen LogP contribution in [-0.4, -0.2) is 43.6 Å². The molecule has 0 saturated heterocycles. The number of benzene rings is 4. The minimum absolute atomic E-state index is 0.178. The van der Waals surface area contributed by atoms with E-state index in [1.165, 1.54) is 166 Å². The topological polar surface area (TPSA) is 123 Å². The van der Waals surface area contributed by atoms with Gasteiger partial charge in [-0.2, -0.15) is 0 Å². The highest BCUT2D eigenvalue weighted by molar-refractivity contribution is 5.89. The average molecular weight is 1120 g/mol. The molecule has 3 N–H and O–H groups in total. The molecule has 0 spiro atoms. The maximum Gasteiger partial charge on any atom is 0.411 e. The average Bonchev–Trinajstić information content (AvgIpc) is 3.54. The van der Waals surface area contributed by atoms with Crippen LogP contribution in [-0.2, 0) is 44.7 Å². The second-order valence-electron chi connectivity index (χ2n) is 22.8. The molecule has 0 aliphatic heterocycles. The van der Waals surface area contributed by atoms with E-state index >= 15 is 0 Å². The number of unbranched alkanes of at least 4 members (excludes halogenated alkanes) is 26. The van der Waals surface area contributed by atoms with E-state index in [2.05, 4.69) is 90.5 Å². The molecule has 0 saturated carbocycles. The molecule has 0 bridgehead atoms. The molecule has 450 valence electrons. The highest BCUT2D eigenvalue weighted by atomic mass is 16.5. The number of nitrogens with one attached hydrogen (secondary N) is 3. The number of allylic oxidation sites excluding steroid dienone is 4. The first kappa shape index (κ1) is 68.5. The third kappa shape index (κ3) is 35.8. The second-order valence-corrected chi connectivity index (χ2v) is 22.8. The van der Waals surface area contributed by atoms with E-state index in [4.69, 9.17) is 9.47 Å². The molecule has 0 fully saturated rings. The third-order valence-corrected chi connectivity index (χ3v) is 15.3. The maximum absolute atomic E-state index is 12.7. The first-order valence-electron chi connectivity index (χ1n) is 32.6. The molecule has 4 rings (SSSR count). The maximum atomic E-state index is 12.7. The van der Waals surface area contributed by atoms with Crippen LogP contribution < -0.4 is 16.0 Å². The van der Waals surface area contributed by atoms with Crippen molar-refractivity contribution in [3.63, 3.8) is 0 Å². The number of hydrogen-bond acceptors (Lipinski definition) is 6.